The molecule has 15 rings (SSSR count). The van der Waals surface area contributed by atoms with E-state index in [1.54, 1.807) is 0 Å². The number of benzene rings is 10. The SMILES string of the molecule is CC1(C)c2ccccc2-c2ccc(N(c3ccc4c(c3)C(C)(C)c3ccccc3-4)c3c4c(cc5oc6cc(-c7ccccc7)ccc6c35)C3(c5ccccc5-c5ccccc53)c3ccccc3-4)cc21. The van der Waals surface area contributed by atoms with Gasteiger partial charge in [0.05, 0.1) is 16.5 Å². The Labute approximate surface area is 402 Å². The van der Waals surface area contributed by atoms with Crippen LogP contribution in [0.4, 0.5) is 17.1 Å². The monoisotopic (exact) mass is 881 g/mol. The van der Waals surface area contributed by atoms with Gasteiger partial charge in [0.15, 0.2) is 0 Å². The van der Waals surface area contributed by atoms with Crippen LogP contribution < -0.4 is 4.90 Å². The highest BCUT2D eigenvalue weighted by molar-refractivity contribution is 6.20. The van der Waals surface area contributed by atoms with Crippen LogP contribution in [0.1, 0.15) is 72.2 Å². The van der Waals surface area contributed by atoms with Gasteiger partial charge in [-0.15, -0.1) is 0 Å². The lowest BCUT2D eigenvalue weighted by atomic mass is 9.70. The Balaban J connectivity index is 1.11. The molecule has 11 aromatic rings. The Bertz CT molecular complexity index is 3880. The summed E-state index contributed by atoms with van der Waals surface area (Å²) in [5.41, 5.74) is 27.4. The average molecular weight is 882 g/mol. The van der Waals surface area contributed by atoms with Crippen molar-refractivity contribution in [2.45, 2.75) is 43.9 Å². The maximum Gasteiger partial charge on any atom is 0.137 e. The second-order valence-electron chi connectivity index (χ2n) is 20.7. The fourth-order valence-electron chi connectivity index (χ4n) is 13.6. The van der Waals surface area contributed by atoms with E-state index in [4.69, 9.17) is 4.42 Å². The lowest BCUT2D eigenvalue weighted by molar-refractivity contribution is 0.660. The molecule has 2 heteroatoms. The lowest BCUT2D eigenvalue weighted by Gasteiger charge is -2.33. The predicted molar refractivity (Wildman–Crippen MR) is 285 cm³/mol. The van der Waals surface area contributed by atoms with Gasteiger partial charge in [0.1, 0.15) is 11.2 Å². The molecule has 0 radical (unpaired) electrons. The largest absolute Gasteiger partial charge is 0.456 e. The first-order valence-corrected chi connectivity index (χ1v) is 24.4. The zero-order valence-electron chi connectivity index (χ0n) is 39.1. The Hall–Kier alpha value is -8.20. The number of anilines is 3. The van der Waals surface area contributed by atoms with Gasteiger partial charge in [0, 0.05) is 33.2 Å². The molecule has 2 nitrogen and oxygen atoms in total. The normalized spacial score (nSPS) is 15.3. The van der Waals surface area contributed by atoms with Crippen molar-refractivity contribution in [1.29, 1.82) is 0 Å². The number of hydrogen-bond donors (Lipinski definition) is 0. The van der Waals surface area contributed by atoms with E-state index in [1.165, 1.54) is 94.6 Å². The summed E-state index contributed by atoms with van der Waals surface area (Å²) in [6, 6.07) is 79.8. The second-order valence-corrected chi connectivity index (χ2v) is 20.7. The molecule has 0 saturated carbocycles. The van der Waals surface area contributed by atoms with Gasteiger partial charge in [-0.25, -0.2) is 0 Å². The fourth-order valence-corrected chi connectivity index (χ4v) is 13.6. The molecule has 4 aliphatic carbocycles. The van der Waals surface area contributed by atoms with E-state index in [1.807, 2.05) is 0 Å². The molecule has 1 aromatic heterocycles. The van der Waals surface area contributed by atoms with Crippen molar-refractivity contribution < 1.29 is 4.42 Å². The van der Waals surface area contributed by atoms with Crippen LogP contribution in [0, 0.1) is 0 Å². The smallest absolute Gasteiger partial charge is 0.137 e. The fraction of sp³-hybridized carbons (Fsp3) is 0.104. The molecule has 4 aliphatic rings. The van der Waals surface area contributed by atoms with Crippen molar-refractivity contribution in [1.82, 2.24) is 0 Å². The van der Waals surface area contributed by atoms with Gasteiger partial charge in [-0.1, -0.05) is 198 Å². The van der Waals surface area contributed by atoms with Crippen molar-refractivity contribution in [3.05, 3.63) is 257 Å². The Kier molecular flexibility index (Phi) is 7.60. The Morgan fingerprint density at radius 3 is 1.33 bits per heavy atom. The van der Waals surface area contributed by atoms with Gasteiger partial charge in [0.2, 0.25) is 0 Å². The highest BCUT2D eigenvalue weighted by Gasteiger charge is 2.53. The van der Waals surface area contributed by atoms with Crippen LogP contribution in [0.15, 0.2) is 217 Å². The summed E-state index contributed by atoms with van der Waals surface area (Å²) >= 11 is 0. The molecule has 10 aromatic carbocycles. The molecular formula is C67H47NO. The maximum atomic E-state index is 7.35. The average Bonchev–Trinajstić information content (AvgIpc) is 4.13. The van der Waals surface area contributed by atoms with Gasteiger partial charge in [0.25, 0.3) is 0 Å². The van der Waals surface area contributed by atoms with Gasteiger partial charge in [-0.05, 0) is 137 Å². The first kappa shape index (κ1) is 38.9. The number of nitrogens with zero attached hydrogens (tertiary/aromatic N) is 1. The molecule has 0 N–H and O–H groups in total. The van der Waals surface area contributed by atoms with Gasteiger partial charge < -0.3 is 9.32 Å². The van der Waals surface area contributed by atoms with E-state index in [9.17, 15) is 0 Å². The number of rotatable bonds is 4. The highest BCUT2D eigenvalue weighted by atomic mass is 16.3. The summed E-state index contributed by atoms with van der Waals surface area (Å²) in [5.74, 6) is 0. The van der Waals surface area contributed by atoms with Crippen LogP contribution in [-0.2, 0) is 16.2 Å². The van der Waals surface area contributed by atoms with Crippen LogP contribution in [0.25, 0.3) is 77.6 Å². The standard InChI is InChI=1S/C67H47NO/c1-65(2)52-25-13-8-20-44(52)48-34-31-42(37-57(48)65)68(43-32-35-49-45-21-9-14-26-53(45)66(3,4)58(49)38-43)64-62-50-24-12-17-29-56(50)67(54-27-15-10-22-46(54)47-23-11-16-28-55(47)67)59(62)39-61-63(64)51-33-30-41(36-60(51)69-61)40-18-6-5-7-19-40/h5-39H,1-4H3. The quantitative estimate of drug-likeness (QED) is 0.175. The molecule has 0 atom stereocenters. The van der Waals surface area contributed by atoms with Crippen LogP contribution in [0.5, 0.6) is 0 Å². The second kappa shape index (κ2) is 13.5. The summed E-state index contributed by atoms with van der Waals surface area (Å²) in [5, 5.41) is 2.21. The molecule has 69 heavy (non-hydrogen) atoms. The van der Waals surface area contributed by atoms with Crippen molar-refractivity contribution in [3.8, 4) is 55.6 Å². The molecular weight excluding hydrogens is 835 g/mol. The third-order valence-electron chi connectivity index (χ3n) is 16.7. The zero-order valence-corrected chi connectivity index (χ0v) is 39.1. The molecule has 0 bridgehead atoms. The van der Waals surface area contributed by atoms with Crippen LogP contribution >= 0.6 is 0 Å². The third kappa shape index (κ3) is 4.91. The third-order valence-corrected chi connectivity index (χ3v) is 16.7. The molecule has 1 spiro atoms. The summed E-state index contributed by atoms with van der Waals surface area (Å²) in [6.07, 6.45) is 0. The van der Waals surface area contributed by atoms with Crippen molar-refractivity contribution in [2.24, 2.45) is 0 Å². The molecule has 0 unspecified atom stereocenters. The lowest BCUT2D eigenvalue weighted by Crippen LogP contribution is -2.26. The number of furan rings is 1. The minimum atomic E-state index is -0.578. The minimum Gasteiger partial charge on any atom is -0.456 e. The highest BCUT2D eigenvalue weighted by Crippen LogP contribution is 2.67. The number of hydrogen-bond acceptors (Lipinski definition) is 2. The van der Waals surface area contributed by atoms with Crippen molar-refractivity contribution >= 4 is 39.0 Å². The van der Waals surface area contributed by atoms with E-state index in [0.29, 0.717) is 0 Å². The molecule has 1 heterocycles. The summed E-state index contributed by atoms with van der Waals surface area (Å²) < 4.78 is 7.35. The van der Waals surface area contributed by atoms with Crippen LogP contribution in [0.3, 0.4) is 0 Å². The Morgan fingerprint density at radius 1 is 0.333 bits per heavy atom. The first-order valence-electron chi connectivity index (χ1n) is 24.4. The number of fused-ring (bicyclic) bond motifs is 19. The van der Waals surface area contributed by atoms with Crippen LogP contribution in [0.2, 0.25) is 0 Å². The Morgan fingerprint density at radius 2 is 0.783 bits per heavy atom. The topological polar surface area (TPSA) is 16.4 Å². The van der Waals surface area contributed by atoms with Crippen LogP contribution in [-0.4, -0.2) is 0 Å². The van der Waals surface area contributed by atoms with Gasteiger partial charge in [-0.3, -0.25) is 0 Å². The van der Waals surface area contributed by atoms with E-state index in [2.05, 4.69) is 245 Å². The summed E-state index contributed by atoms with van der Waals surface area (Å²) in [7, 11) is 0. The first-order chi connectivity index (χ1) is 33.7. The zero-order chi connectivity index (χ0) is 46.0. The minimum absolute atomic E-state index is 0.201. The summed E-state index contributed by atoms with van der Waals surface area (Å²) in [4.78, 5) is 2.61. The van der Waals surface area contributed by atoms with E-state index in [0.717, 1.165) is 44.6 Å². The van der Waals surface area contributed by atoms with E-state index >= 15 is 0 Å². The maximum absolute atomic E-state index is 7.35. The van der Waals surface area contributed by atoms with E-state index in [-0.39, 0.29) is 10.8 Å². The molecule has 0 amide bonds. The molecule has 0 aliphatic heterocycles. The molecule has 326 valence electrons. The summed E-state index contributed by atoms with van der Waals surface area (Å²) in [6.45, 7) is 9.56. The van der Waals surface area contributed by atoms with E-state index < -0.39 is 5.41 Å². The van der Waals surface area contributed by atoms with Gasteiger partial charge >= 0.3 is 0 Å². The molecule has 0 saturated heterocycles. The van der Waals surface area contributed by atoms with Crippen molar-refractivity contribution in [2.75, 3.05) is 4.90 Å². The van der Waals surface area contributed by atoms with Crippen molar-refractivity contribution in [3.63, 3.8) is 0 Å². The molecule has 0 fully saturated rings. The van der Waals surface area contributed by atoms with Gasteiger partial charge in [-0.2, -0.15) is 0 Å². The predicted octanol–water partition coefficient (Wildman–Crippen LogP) is 17.7.